The molecule has 2 aliphatic rings. The fourth-order valence-corrected chi connectivity index (χ4v) is 4.06. The fourth-order valence-electron chi connectivity index (χ4n) is 4.06. The maximum absolute atomic E-state index is 10.9. The number of hydrogen-bond acceptors (Lipinski definition) is 7. The van der Waals surface area contributed by atoms with E-state index in [1.807, 2.05) is 18.2 Å². The van der Waals surface area contributed by atoms with E-state index < -0.39 is 0 Å². The van der Waals surface area contributed by atoms with E-state index in [-0.39, 0.29) is 18.6 Å². The van der Waals surface area contributed by atoms with E-state index in [0.717, 1.165) is 24.2 Å². The normalized spacial score (nSPS) is 17.1. The summed E-state index contributed by atoms with van der Waals surface area (Å²) in [6.07, 6.45) is 0. The Hall–Kier alpha value is -2.84. The monoisotopic (exact) mass is 404 g/mol. The van der Waals surface area contributed by atoms with Crippen molar-refractivity contribution in [1.29, 1.82) is 0 Å². The summed E-state index contributed by atoms with van der Waals surface area (Å²) < 4.78 is 33.3. The smallest absolute Gasteiger partial charge is 0.231 e. The van der Waals surface area contributed by atoms with Crippen LogP contribution in [0.25, 0.3) is 0 Å². The van der Waals surface area contributed by atoms with Gasteiger partial charge in [-0.25, -0.2) is 0 Å². The van der Waals surface area contributed by atoms with Crippen LogP contribution in [0.1, 0.15) is 17.2 Å². The molecule has 2 N–H and O–H groups in total. The Labute approximate surface area is 169 Å². The zero-order chi connectivity index (χ0) is 20.4. The van der Waals surface area contributed by atoms with E-state index in [1.165, 1.54) is 4.90 Å². The second kappa shape index (κ2) is 8.26. The minimum atomic E-state index is -0.219. The Bertz CT molecular complexity index is 880. The first kappa shape index (κ1) is 19.5. The lowest BCUT2D eigenvalue weighted by Crippen LogP contribution is -3.14. The molecular formula is C21H26NO7+. The predicted molar refractivity (Wildman–Crippen MR) is 104 cm³/mol. The molecule has 2 aromatic carbocycles. The Morgan fingerprint density at radius 1 is 0.897 bits per heavy atom. The Balaban J connectivity index is 1.89. The molecule has 0 aliphatic carbocycles. The number of ether oxygens (including phenoxy) is 6. The number of quaternary nitrogens is 1. The predicted octanol–water partition coefficient (Wildman–Crippen LogP) is 1.15. The number of phenolic OH excluding ortho intramolecular Hbond substituents is 1. The summed E-state index contributed by atoms with van der Waals surface area (Å²) in [7, 11) is 4.77. The van der Waals surface area contributed by atoms with Crippen LogP contribution < -0.4 is 28.6 Å². The molecule has 0 saturated carbocycles. The van der Waals surface area contributed by atoms with Crippen molar-refractivity contribution < 1.29 is 38.4 Å². The van der Waals surface area contributed by atoms with E-state index in [9.17, 15) is 5.11 Å². The SMILES string of the molecule is COc1ccc([C@H](c2cc3c(cc2O)OCO3)[NH+]2CCOCC2)c(OC)c1OC. The minimum Gasteiger partial charge on any atom is -0.507 e. The molecule has 2 aliphatic heterocycles. The van der Waals surface area contributed by atoms with Crippen LogP contribution in [0, 0.1) is 0 Å². The molecule has 2 heterocycles. The zero-order valence-corrected chi connectivity index (χ0v) is 16.8. The molecule has 1 fully saturated rings. The van der Waals surface area contributed by atoms with Gasteiger partial charge in [-0.2, -0.15) is 0 Å². The Morgan fingerprint density at radius 2 is 1.59 bits per heavy atom. The van der Waals surface area contributed by atoms with Crippen LogP contribution >= 0.6 is 0 Å². The van der Waals surface area contributed by atoms with Crippen molar-refractivity contribution in [2.75, 3.05) is 54.4 Å². The van der Waals surface area contributed by atoms with E-state index >= 15 is 0 Å². The molecule has 8 nitrogen and oxygen atoms in total. The maximum Gasteiger partial charge on any atom is 0.231 e. The number of morpholine rings is 1. The van der Waals surface area contributed by atoms with Gasteiger partial charge < -0.3 is 38.4 Å². The van der Waals surface area contributed by atoms with Gasteiger partial charge in [0, 0.05) is 6.07 Å². The highest BCUT2D eigenvalue weighted by Crippen LogP contribution is 2.46. The third-order valence-corrected chi connectivity index (χ3v) is 5.42. The highest BCUT2D eigenvalue weighted by molar-refractivity contribution is 5.60. The quantitative estimate of drug-likeness (QED) is 0.748. The highest BCUT2D eigenvalue weighted by Gasteiger charge is 2.36. The van der Waals surface area contributed by atoms with Gasteiger partial charge in [-0.15, -0.1) is 0 Å². The lowest BCUT2D eigenvalue weighted by Gasteiger charge is -2.33. The standard InChI is InChI=1S/C21H25NO7/c1-24-16-5-4-13(20(25-2)21(16)26-3)19(22-6-8-27-9-7-22)14-10-17-18(11-15(14)23)29-12-28-17/h4-5,10-11,19,23H,6-9,12H2,1-3H3/p+1/t19-/m1/s1. The first-order valence-corrected chi connectivity index (χ1v) is 9.51. The molecule has 0 unspecified atom stereocenters. The number of fused-ring (bicyclic) bond motifs is 1. The largest absolute Gasteiger partial charge is 0.507 e. The maximum atomic E-state index is 10.9. The van der Waals surface area contributed by atoms with Gasteiger partial charge in [-0.3, -0.25) is 0 Å². The van der Waals surface area contributed by atoms with E-state index in [4.69, 9.17) is 28.4 Å². The summed E-state index contributed by atoms with van der Waals surface area (Å²) in [5.74, 6) is 2.99. The van der Waals surface area contributed by atoms with Crippen molar-refractivity contribution in [3.63, 3.8) is 0 Å². The van der Waals surface area contributed by atoms with Crippen molar-refractivity contribution in [2.45, 2.75) is 6.04 Å². The molecule has 156 valence electrons. The fraction of sp³-hybridized carbons (Fsp3) is 0.429. The molecule has 1 atom stereocenters. The zero-order valence-electron chi connectivity index (χ0n) is 16.8. The van der Waals surface area contributed by atoms with E-state index in [2.05, 4.69) is 0 Å². The second-order valence-corrected chi connectivity index (χ2v) is 6.89. The first-order valence-electron chi connectivity index (χ1n) is 9.51. The Morgan fingerprint density at radius 3 is 2.24 bits per heavy atom. The molecular weight excluding hydrogens is 378 g/mol. The van der Waals surface area contributed by atoms with Crippen molar-refractivity contribution >= 4 is 0 Å². The van der Waals surface area contributed by atoms with Gasteiger partial charge in [0.25, 0.3) is 0 Å². The average Bonchev–Trinajstić information content (AvgIpc) is 3.21. The van der Waals surface area contributed by atoms with Crippen LogP contribution in [-0.4, -0.2) is 59.5 Å². The summed E-state index contributed by atoms with van der Waals surface area (Å²) in [6.45, 7) is 3.01. The number of methoxy groups -OCH3 is 3. The molecule has 4 rings (SSSR count). The van der Waals surface area contributed by atoms with Crippen LogP contribution in [0.3, 0.4) is 0 Å². The van der Waals surface area contributed by atoms with Crippen LogP contribution in [0.2, 0.25) is 0 Å². The molecule has 29 heavy (non-hydrogen) atoms. The minimum absolute atomic E-state index is 0.146. The van der Waals surface area contributed by atoms with Gasteiger partial charge in [0.2, 0.25) is 12.5 Å². The Kier molecular flexibility index (Phi) is 5.55. The third-order valence-electron chi connectivity index (χ3n) is 5.42. The molecule has 0 spiro atoms. The van der Waals surface area contributed by atoms with Crippen LogP contribution in [0.15, 0.2) is 24.3 Å². The van der Waals surface area contributed by atoms with E-state index in [1.54, 1.807) is 27.4 Å². The average molecular weight is 404 g/mol. The molecule has 1 saturated heterocycles. The lowest BCUT2D eigenvalue weighted by molar-refractivity contribution is -0.933. The summed E-state index contributed by atoms with van der Waals surface area (Å²) in [5.41, 5.74) is 1.62. The number of aromatic hydroxyl groups is 1. The van der Waals surface area contributed by atoms with Gasteiger partial charge >= 0.3 is 0 Å². The molecule has 0 radical (unpaired) electrons. The van der Waals surface area contributed by atoms with E-state index in [0.29, 0.717) is 42.0 Å². The van der Waals surface area contributed by atoms with Crippen LogP contribution in [-0.2, 0) is 4.74 Å². The summed E-state index contributed by atoms with van der Waals surface area (Å²) >= 11 is 0. The lowest BCUT2D eigenvalue weighted by atomic mass is 9.94. The van der Waals surface area contributed by atoms with Gasteiger partial charge in [0.05, 0.1) is 45.7 Å². The summed E-state index contributed by atoms with van der Waals surface area (Å²) in [6, 6.07) is 7.05. The third kappa shape index (κ3) is 3.49. The molecule has 8 heteroatoms. The highest BCUT2D eigenvalue weighted by atomic mass is 16.7. The van der Waals surface area contributed by atoms with Crippen molar-refractivity contribution in [3.05, 3.63) is 35.4 Å². The van der Waals surface area contributed by atoms with Gasteiger partial charge in [-0.05, 0) is 18.2 Å². The molecule has 0 aromatic heterocycles. The number of benzene rings is 2. The van der Waals surface area contributed by atoms with Gasteiger partial charge in [-0.1, -0.05) is 0 Å². The van der Waals surface area contributed by atoms with Crippen molar-refractivity contribution in [3.8, 4) is 34.5 Å². The van der Waals surface area contributed by atoms with Gasteiger partial charge in [0.1, 0.15) is 24.9 Å². The topological polar surface area (TPSA) is 80.1 Å². The summed E-state index contributed by atoms with van der Waals surface area (Å²) in [5, 5.41) is 10.9. The first-order chi connectivity index (χ1) is 14.2. The van der Waals surface area contributed by atoms with Gasteiger partial charge in [0.15, 0.2) is 23.0 Å². The number of rotatable bonds is 6. The molecule has 0 bridgehead atoms. The summed E-state index contributed by atoms with van der Waals surface area (Å²) in [4.78, 5) is 1.25. The molecule has 0 amide bonds. The number of phenols is 1. The molecule has 2 aromatic rings. The second-order valence-electron chi connectivity index (χ2n) is 6.89. The van der Waals surface area contributed by atoms with Crippen LogP contribution in [0.5, 0.6) is 34.5 Å². The van der Waals surface area contributed by atoms with Crippen molar-refractivity contribution in [2.24, 2.45) is 0 Å². The van der Waals surface area contributed by atoms with Crippen molar-refractivity contribution in [1.82, 2.24) is 0 Å². The van der Waals surface area contributed by atoms with Crippen LogP contribution in [0.4, 0.5) is 0 Å². The number of nitrogens with one attached hydrogen (secondary N) is 1. The number of hydrogen-bond donors (Lipinski definition) is 2.